The molecule has 0 saturated carbocycles. The highest BCUT2D eigenvalue weighted by molar-refractivity contribution is 8.04. The normalized spacial score (nSPS) is 15.1. The molecule has 8 nitrogen and oxygen atoms in total. The molecule has 0 radical (unpaired) electrons. The fourth-order valence-electron chi connectivity index (χ4n) is 3.37. The molecule has 1 heterocycles. The van der Waals surface area contributed by atoms with Gasteiger partial charge in [0.25, 0.3) is 10.0 Å². The Labute approximate surface area is 187 Å². The van der Waals surface area contributed by atoms with Crippen molar-refractivity contribution >= 4 is 44.1 Å². The molecule has 0 aliphatic heterocycles. The van der Waals surface area contributed by atoms with Crippen LogP contribution in [-0.4, -0.2) is 40.1 Å². The highest BCUT2D eigenvalue weighted by atomic mass is 32.2. The first-order valence-corrected chi connectivity index (χ1v) is 11.8. The Kier molecular flexibility index (Phi) is 4.95. The highest BCUT2D eigenvalue weighted by Crippen LogP contribution is 2.33. The van der Waals surface area contributed by atoms with Crippen LogP contribution in [0.2, 0.25) is 0 Å². The number of carbonyl (C=O) groups excluding carboxylic acids is 1. The summed E-state index contributed by atoms with van der Waals surface area (Å²) in [6, 6.07) is 19.2. The van der Waals surface area contributed by atoms with Gasteiger partial charge in [0.05, 0.1) is 15.5 Å². The Balaban J connectivity index is 1.62. The summed E-state index contributed by atoms with van der Waals surface area (Å²) < 4.78 is 31.9. The zero-order chi connectivity index (χ0) is 22.3. The van der Waals surface area contributed by atoms with Crippen molar-refractivity contribution in [3.63, 3.8) is 0 Å². The fraction of sp³-hybridized carbons (Fsp3) is 0.0455. The summed E-state index contributed by atoms with van der Waals surface area (Å²) >= 11 is 1.06. The van der Waals surface area contributed by atoms with E-state index >= 15 is 0 Å². The van der Waals surface area contributed by atoms with E-state index in [-0.39, 0.29) is 21.3 Å². The Morgan fingerprint density at radius 2 is 1.66 bits per heavy atom. The van der Waals surface area contributed by atoms with E-state index in [1.165, 1.54) is 16.8 Å². The monoisotopic (exact) mass is 461 g/mol. The quantitative estimate of drug-likeness (QED) is 0.458. The molecule has 3 aromatic carbocycles. The lowest BCUT2D eigenvalue weighted by atomic mass is 9.94. The molecule has 0 fully saturated rings. The Morgan fingerprint density at radius 1 is 0.938 bits per heavy atom. The highest BCUT2D eigenvalue weighted by Gasteiger charge is 2.27. The molecule has 1 aliphatic carbocycles. The molecule has 0 bridgehead atoms. The standard InChI is InChI=1S/C22H15N5O3S2/c1-27-22(23-25-26-27)31-20-13-19(17-8-4-5-9-18(17)21(20)28)24-32(29,30)16-11-10-14-6-2-3-7-15(14)12-16/h2-13H,1H3. The molecule has 0 N–H and O–H groups in total. The molecular formula is C22H15N5O3S2. The maximum atomic E-state index is 13.2. The van der Waals surface area contributed by atoms with Gasteiger partial charge >= 0.3 is 0 Å². The molecule has 0 spiro atoms. The van der Waals surface area contributed by atoms with Crippen LogP contribution in [0.4, 0.5) is 0 Å². The van der Waals surface area contributed by atoms with E-state index < -0.39 is 10.0 Å². The van der Waals surface area contributed by atoms with Crippen LogP contribution >= 0.6 is 11.8 Å². The summed E-state index contributed by atoms with van der Waals surface area (Å²) in [4.78, 5) is 13.4. The van der Waals surface area contributed by atoms with Gasteiger partial charge < -0.3 is 0 Å². The molecule has 32 heavy (non-hydrogen) atoms. The number of aromatic nitrogens is 4. The summed E-state index contributed by atoms with van der Waals surface area (Å²) in [5.74, 6) is -0.240. The lowest BCUT2D eigenvalue weighted by Gasteiger charge is -2.16. The number of ketones is 1. The zero-order valence-corrected chi connectivity index (χ0v) is 18.3. The number of sulfonamides is 1. The maximum Gasteiger partial charge on any atom is 0.282 e. The molecule has 1 aromatic heterocycles. The first-order chi connectivity index (χ1) is 15.4. The summed E-state index contributed by atoms with van der Waals surface area (Å²) in [6.45, 7) is 0. The number of hydrogen-bond donors (Lipinski definition) is 0. The van der Waals surface area contributed by atoms with Crippen LogP contribution < -0.4 is 0 Å². The smallest absolute Gasteiger partial charge is 0.282 e. The van der Waals surface area contributed by atoms with Crippen LogP contribution in [0.1, 0.15) is 15.9 Å². The predicted molar refractivity (Wildman–Crippen MR) is 121 cm³/mol. The zero-order valence-electron chi connectivity index (χ0n) is 16.7. The molecular weight excluding hydrogens is 446 g/mol. The topological polar surface area (TPSA) is 107 Å². The van der Waals surface area contributed by atoms with Gasteiger partial charge in [-0.25, -0.2) is 4.68 Å². The maximum absolute atomic E-state index is 13.2. The van der Waals surface area contributed by atoms with Crippen LogP contribution in [0.25, 0.3) is 10.8 Å². The van der Waals surface area contributed by atoms with Crippen LogP contribution in [0.3, 0.4) is 0 Å². The SMILES string of the molecule is Cn1nnnc1SC1=CC(=NS(=O)(=O)c2ccc3ccccc3c2)c2ccccc2C1=O. The van der Waals surface area contributed by atoms with Crippen LogP contribution in [0, 0.1) is 0 Å². The molecule has 4 aromatic rings. The van der Waals surface area contributed by atoms with E-state index in [1.54, 1.807) is 43.4 Å². The van der Waals surface area contributed by atoms with Crippen LogP contribution in [0.5, 0.6) is 0 Å². The molecule has 1 aliphatic rings. The second kappa shape index (κ2) is 7.81. The Morgan fingerprint density at radius 3 is 2.41 bits per heavy atom. The van der Waals surface area contributed by atoms with Gasteiger partial charge in [0.1, 0.15) is 0 Å². The Hall–Kier alpha value is -3.63. The number of Topliss-reactive ketones (excluding diaryl/α,β-unsaturated/α-hetero) is 1. The van der Waals surface area contributed by atoms with Crippen molar-refractivity contribution < 1.29 is 13.2 Å². The van der Waals surface area contributed by atoms with Crippen molar-refractivity contribution in [1.29, 1.82) is 0 Å². The third-order valence-corrected chi connectivity index (χ3v) is 7.30. The second-order valence-electron chi connectivity index (χ2n) is 7.03. The van der Waals surface area contributed by atoms with Gasteiger partial charge in [0.15, 0.2) is 0 Å². The van der Waals surface area contributed by atoms with Crippen molar-refractivity contribution in [2.45, 2.75) is 10.1 Å². The number of tetrazole rings is 1. The van der Waals surface area contributed by atoms with Gasteiger partial charge in [-0.3, -0.25) is 4.79 Å². The lowest BCUT2D eigenvalue weighted by Crippen LogP contribution is -2.17. The number of rotatable bonds is 4. The Bertz CT molecular complexity index is 1550. The van der Waals surface area contributed by atoms with Crippen molar-refractivity contribution in [2.75, 3.05) is 0 Å². The lowest BCUT2D eigenvalue weighted by molar-refractivity contribution is 0.104. The number of carbonyl (C=O) groups is 1. The van der Waals surface area contributed by atoms with Crippen LogP contribution in [0.15, 0.2) is 92.2 Å². The summed E-state index contributed by atoms with van der Waals surface area (Å²) in [6.07, 6.45) is 1.47. The van der Waals surface area contributed by atoms with Gasteiger partial charge in [-0.2, -0.15) is 12.8 Å². The van der Waals surface area contributed by atoms with Gasteiger partial charge in [0, 0.05) is 18.2 Å². The van der Waals surface area contributed by atoms with Crippen LogP contribution in [-0.2, 0) is 17.1 Å². The number of hydrogen-bond acceptors (Lipinski definition) is 7. The minimum absolute atomic E-state index is 0.0817. The largest absolute Gasteiger partial charge is 0.288 e. The molecule has 0 saturated heterocycles. The molecule has 0 atom stereocenters. The number of allylic oxidation sites excluding steroid dienone is 2. The third-order valence-electron chi connectivity index (χ3n) is 4.96. The molecule has 5 rings (SSSR count). The van der Waals surface area contributed by atoms with E-state index in [0.717, 1.165) is 22.5 Å². The summed E-state index contributed by atoms with van der Waals surface area (Å²) in [7, 11) is -2.37. The number of nitrogens with zero attached hydrogens (tertiary/aromatic N) is 5. The molecule has 10 heteroatoms. The first kappa shape index (κ1) is 20.3. The van der Waals surface area contributed by atoms with E-state index in [2.05, 4.69) is 19.9 Å². The minimum Gasteiger partial charge on any atom is -0.288 e. The predicted octanol–water partition coefficient (Wildman–Crippen LogP) is 3.41. The van der Waals surface area contributed by atoms with Crippen molar-refractivity contribution in [3.05, 3.63) is 88.8 Å². The van der Waals surface area contributed by atoms with Gasteiger partial charge in [-0.15, -0.1) is 5.10 Å². The third kappa shape index (κ3) is 3.63. The number of benzene rings is 3. The van der Waals surface area contributed by atoms with Gasteiger partial charge in [0.2, 0.25) is 10.9 Å². The van der Waals surface area contributed by atoms with Gasteiger partial charge in [-0.05, 0) is 51.2 Å². The number of aryl methyl sites for hydroxylation is 1. The average Bonchev–Trinajstić information content (AvgIpc) is 3.20. The van der Waals surface area contributed by atoms with E-state index in [1.807, 2.05) is 24.3 Å². The first-order valence-electron chi connectivity index (χ1n) is 9.52. The van der Waals surface area contributed by atoms with Crippen molar-refractivity contribution in [3.8, 4) is 0 Å². The number of fused-ring (bicyclic) bond motifs is 2. The fourth-order valence-corrected chi connectivity index (χ4v) is 5.22. The second-order valence-corrected chi connectivity index (χ2v) is 9.64. The van der Waals surface area contributed by atoms with E-state index in [0.29, 0.717) is 16.3 Å². The number of thioether (sulfide) groups is 1. The summed E-state index contributed by atoms with van der Waals surface area (Å²) in [5, 5.41) is 13.4. The molecule has 0 unspecified atom stereocenters. The molecule has 158 valence electrons. The van der Waals surface area contributed by atoms with E-state index in [9.17, 15) is 13.2 Å². The van der Waals surface area contributed by atoms with E-state index in [4.69, 9.17) is 0 Å². The molecule has 0 amide bonds. The van der Waals surface area contributed by atoms with Crippen molar-refractivity contribution in [1.82, 2.24) is 20.2 Å². The minimum atomic E-state index is -4.03. The van der Waals surface area contributed by atoms with Gasteiger partial charge in [-0.1, -0.05) is 54.6 Å². The average molecular weight is 462 g/mol. The summed E-state index contributed by atoms with van der Waals surface area (Å²) in [5.41, 5.74) is 1.02. The van der Waals surface area contributed by atoms with Crippen molar-refractivity contribution in [2.24, 2.45) is 11.4 Å².